The predicted octanol–water partition coefficient (Wildman–Crippen LogP) is 2.00. The van der Waals surface area contributed by atoms with Crippen molar-refractivity contribution >= 4 is 17.6 Å². The van der Waals surface area contributed by atoms with Crippen LogP contribution in [0.4, 0.5) is 0 Å². The van der Waals surface area contributed by atoms with Crippen molar-refractivity contribution < 1.29 is 19.4 Å². The van der Waals surface area contributed by atoms with E-state index < -0.39 is 11.8 Å². The Bertz CT molecular complexity index is 229. The molecular formula is C10H17ClO4. The summed E-state index contributed by atoms with van der Waals surface area (Å²) in [4.78, 5) is 10.6. The molecule has 1 heterocycles. The Balaban J connectivity index is 2.55. The molecule has 88 valence electrons. The van der Waals surface area contributed by atoms with Gasteiger partial charge < -0.3 is 14.6 Å². The Morgan fingerprint density at radius 2 is 2.07 bits per heavy atom. The molecule has 2 atom stereocenters. The minimum Gasteiger partial charge on any atom is -0.481 e. The van der Waals surface area contributed by atoms with Crippen LogP contribution in [-0.4, -0.2) is 35.0 Å². The van der Waals surface area contributed by atoms with E-state index in [9.17, 15) is 4.79 Å². The monoisotopic (exact) mass is 236 g/mol. The largest absolute Gasteiger partial charge is 0.481 e. The lowest BCUT2D eigenvalue weighted by Crippen LogP contribution is -2.45. The molecule has 4 nitrogen and oxygen atoms in total. The normalized spacial score (nSPS) is 30.1. The molecule has 0 saturated carbocycles. The van der Waals surface area contributed by atoms with Gasteiger partial charge in [-0.15, -0.1) is 11.6 Å². The summed E-state index contributed by atoms with van der Waals surface area (Å²) in [5, 5.41) is 8.71. The summed E-state index contributed by atoms with van der Waals surface area (Å²) < 4.78 is 11.1. The van der Waals surface area contributed by atoms with E-state index in [1.54, 1.807) is 13.8 Å². The molecule has 0 aromatic rings. The Morgan fingerprint density at radius 3 is 2.60 bits per heavy atom. The van der Waals surface area contributed by atoms with Gasteiger partial charge in [-0.3, -0.25) is 4.79 Å². The van der Waals surface area contributed by atoms with Crippen LogP contribution in [0.5, 0.6) is 0 Å². The third-order valence-corrected chi connectivity index (χ3v) is 2.48. The Morgan fingerprint density at radius 1 is 1.47 bits per heavy atom. The van der Waals surface area contributed by atoms with E-state index in [4.69, 9.17) is 26.2 Å². The zero-order chi connectivity index (χ0) is 11.5. The fraction of sp³-hybridized carbons (Fsp3) is 0.900. The maximum Gasteiger partial charge on any atom is 0.305 e. The summed E-state index contributed by atoms with van der Waals surface area (Å²) in [6.07, 6.45) is 1.06. The van der Waals surface area contributed by atoms with Crippen molar-refractivity contribution in [3.63, 3.8) is 0 Å². The lowest BCUT2D eigenvalue weighted by Gasteiger charge is -2.40. The van der Waals surface area contributed by atoms with E-state index in [1.807, 2.05) is 0 Å². The lowest BCUT2D eigenvalue weighted by atomic mass is 10.0. The van der Waals surface area contributed by atoms with Crippen LogP contribution in [0, 0.1) is 0 Å². The maximum absolute atomic E-state index is 10.6. The van der Waals surface area contributed by atoms with Gasteiger partial charge in [-0.2, -0.15) is 0 Å². The molecule has 0 bridgehead atoms. The number of carbonyl (C=O) groups is 1. The maximum atomic E-state index is 10.6. The number of rotatable bonds is 4. The molecule has 0 amide bonds. The standard InChI is InChI=1S/C10H17ClO4/c1-10(2)14-7(3-4-11)5-8(15-10)6-9(12)13/h7-8H,3-6H2,1-2H3,(H,12,13)/t7-,8+/m0/s1. The summed E-state index contributed by atoms with van der Waals surface area (Å²) >= 11 is 5.64. The van der Waals surface area contributed by atoms with E-state index >= 15 is 0 Å². The van der Waals surface area contributed by atoms with Crippen molar-refractivity contribution in [3.8, 4) is 0 Å². The summed E-state index contributed by atoms with van der Waals surface area (Å²) in [5.74, 6) is -1.04. The molecule has 1 rings (SSSR count). The van der Waals surface area contributed by atoms with E-state index in [2.05, 4.69) is 0 Å². The quantitative estimate of drug-likeness (QED) is 0.759. The fourth-order valence-electron chi connectivity index (χ4n) is 1.84. The number of ether oxygens (including phenoxy) is 2. The Kier molecular flexibility index (Phi) is 4.37. The highest BCUT2D eigenvalue weighted by Crippen LogP contribution is 2.29. The third kappa shape index (κ3) is 4.36. The smallest absolute Gasteiger partial charge is 0.305 e. The van der Waals surface area contributed by atoms with E-state index in [-0.39, 0.29) is 18.6 Å². The average Bonchev–Trinajstić information content (AvgIpc) is 1.99. The second kappa shape index (κ2) is 5.14. The van der Waals surface area contributed by atoms with Gasteiger partial charge in [-0.05, 0) is 20.3 Å². The molecule has 0 aliphatic carbocycles. The highest BCUT2D eigenvalue weighted by Gasteiger charge is 2.35. The van der Waals surface area contributed by atoms with Crippen molar-refractivity contribution in [2.24, 2.45) is 0 Å². The first-order valence-electron chi connectivity index (χ1n) is 5.06. The second-order valence-corrected chi connectivity index (χ2v) is 4.57. The van der Waals surface area contributed by atoms with Crippen LogP contribution in [-0.2, 0) is 14.3 Å². The molecule has 0 aromatic heterocycles. The molecule has 0 aromatic carbocycles. The Hall–Kier alpha value is -0.320. The number of halogens is 1. The number of carboxylic acid groups (broad SMARTS) is 1. The first kappa shape index (κ1) is 12.7. The summed E-state index contributed by atoms with van der Waals surface area (Å²) in [7, 11) is 0. The number of alkyl halides is 1. The zero-order valence-corrected chi connectivity index (χ0v) is 9.79. The number of aliphatic carboxylic acids is 1. The van der Waals surface area contributed by atoms with E-state index in [1.165, 1.54) is 0 Å². The highest BCUT2D eigenvalue weighted by atomic mass is 35.5. The van der Waals surface area contributed by atoms with Crippen LogP contribution in [0.3, 0.4) is 0 Å². The van der Waals surface area contributed by atoms with Crippen LogP contribution >= 0.6 is 11.6 Å². The zero-order valence-electron chi connectivity index (χ0n) is 9.03. The van der Waals surface area contributed by atoms with Gasteiger partial charge in [0.2, 0.25) is 0 Å². The molecule has 1 N–H and O–H groups in total. The molecular weight excluding hydrogens is 220 g/mol. The molecule has 15 heavy (non-hydrogen) atoms. The SMILES string of the molecule is CC1(C)O[C@@H](CCCl)C[C@H](CC(=O)O)O1. The van der Waals surface area contributed by atoms with Gasteiger partial charge in [0.1, 0.15) is 0 Å². The van der Waals surface area contributed by atoms with Crippen molar-refractivity contribution in [1.29, 1.82) is 0 Å². The highest BCUT2D eigenvalue weighted by molar-refractivity contribution is 6.17. The minimum absolute atomic E-state index is 0.00407. The van der Waals surface area contributed by atoms with Gasteiger partial charge in [0.05, 0.1) is 18.6 Å². The molecule has 0 radical (unpaired) electrons. The topological polar surface area (TPSA) is 55.8 Å². The molecule has 1 aliphatic rings. The van der Waals surface area contributed by atoms with Crippen molar-refractivity contribution in [3.05, 3.63) is 0 Å². The predicted molar refractivity (Wildman–Crippen MR) is 56.0 cm³/mol. The molecule has 1 aliphatic heterocycles. The van der Waals surface area contributed by atoms with Gasteiger partial charge in [0.25, 0.3) is 0 Å². The first-order valence-corrected chi connectivity index (χ1v) is 5.60. The van der Waals surface area contributed by atoms with E-state index in [0.29, 0.717) is 12.3 Å². The number of carboxylic acids is 1. The van der Waals surface area contributed by atoms with E-state index in [0.717, 1.165) is 6.42 Å². The fourth-order valence-corrected chi connectivity index (χ4v) is 2.08. The molecule has 1 saturated heterocycles. The third-order valence-electron chi connectivity index (χ3n) is 2.26. The summed E-state index contributed by atoms with van der Waals surface area (Å²) in [6.45, 7) is 3.59. The molecule has 0 unspecified atom stereocenters. The average molecular weight is 237 g/mol. The Labute approximate surface area is 94.5 Å². The molecule has 1 fully saturated rings. The van der Waals surface area contributed by atoms with Crippen LogP contribution in [0.25, 0.3) is 0 Å². The van der Waals surface area contributed by atoms with Crippen molar-refractivity contribution in [2.45, 2.75) is 51.1 Å². The van der Waals surface area contributed by atoms with Gasteiger partial charge in [0, 0.05) is 12.3 Å². The number of hydrogen-bond donors (Lipinski definition) is 1. The van der Waals surface area contributed by atoms with Gasteiger partial charge in [0.15, 0.2) is 5.79 Å². The second-order valence-electron chi connectivity index (χ2n) is 4.19. The van der Waals surface area contributed by atoms with Gasteiger partial charge in [-0.1, -0.05) is 0 Å². The summed E-state index contributed by atoms with van der Waals surface area (Å²) in [5.41, 5.74) is 0. The van der Waals surface area contributed by atoms with Crippen LogP contribution in [0.2, 0.25) is 0 Å². The van der Waals surface area contributed by atoms with Crippen molar-refractivity contribution in [2.75, 3.05) is 5.88 Å². The van der Waals surface area contributed by atoms with Crippen molar-refractivity contribution in [1.82, 2.24) is 0 Å². The number of hydrogen-bond acceptors (Lipinski definition) is 3. The minimum atomic E-state index is -0.845. The molecule has 0 spiro atoms. The van der Waals surface area contributed by atoms with Gasteiger partial charge >= 0.3 is 5.97 Å². The van der Waals surface area contributed by atoms with Crippen LogP contribution in [0.1, 0.15) is 33.1 Å². The van der Waals surface area contributed by atoms with Crippen LogP contribution in [0.15, 0.2) is 0 Å². The lowest BCUT2D eigenvalue weighted by molar-refractivity contribution is -0.299. The molecule has 5 heteroatoms. The van der Waals surface area contributed by atoms with Crippen LogP contribution < -0.4 is 0 Å². The van der Waals surface area contributed by atoms with Gasteiger partial charge in [-0.25, -0.2) is 0 Å². The summed E-state index contributed by atoms with van der Waals surface area (Å²) in [6, 6.07) is 0. The first-order chi connectivity index (χ1) is 6.93.